The highest BCUT2D eigenvalue weighted by molar-refractivity contribution is 7.13. The van der Waals surface area contributed by atoms with E-state index >= 15 is 0 Å². The number of carbonyl (C=O) groups is 1. The van der Waals surface area contributed by atoms with Crippen LogP contribution in [0.1, 0.15) is 18.5 Å². The first-order chi connectivity index (χ1) is 10.7. The van der Waals surface area contributed by atoms with Crippen LogP contribution >= 0.6 is 11.3 Å². The molecule has 0 atom stereocenters. The standard InChI is InChI=1S/C14H20N6OS/c1-19-9-12(8-16-19)17-13(21)15-5-4-11-10-22-14(18-11)20-6-2-3-7-20/h8-10H,2-7H2,1H3,(H2,15,17,21). The zero-order valence-electron chi connectivity index (χ0n) is 12.6. The van der Waals surface area contributed by atoms with Gasteiger partial charge in [0.2, 0.25) is 0 Å². The van der Waals surface area contributed by atoms with Gasteiger partial charge in [-0.05, 0) is 12.8 Å². The molecule has 1 saturated heterocycles. The van der Waals surface area contributed by atoms with E-state index in [9.17, 15) is 4.79 Å². The van der Waals surface area contributed by atoms with Crippen molar-refractivity contribution in [3.8, 4) is 0 Å². The van der Waals surface area contributed by atoms with Crippen LogP contribution in [-0.2, 0) is 13.5 Å². The number of thiazole rings is 1. The fraction of sp³-hybridized carbons (Fsp3) is 0.500. The molecular weight excluding hydrogens is 300 g/mol. The summed E-state index contributed by atoms with van der Waals surface area (Å²) in [6.07, 6.45) is 6.62. The number of aromatic nitrogens is 3. The summed E-state index contributed by atoms with van der Waals surface area (Å²) in [7, 11) is 1.81. The molecule has 0 saturated carbocycles. The number of rotatable bonds is 5. The molecule has 1 aliphatic rings. The topological polar surface area (TPSA) is 75.1 Å². The maximum absolute atomic E-state index is 11.7. The molecule has 22 heavy (non-hydrogen) atoms. The van der Waals surface area contributed by atoms with Crippen LogP contribution in [0.5, 0.6) is 0 Å². The van der Waals surface area contributed by atoms with Crippen LogP contribution in [0, 0.1) is 0 Å². The summed E-state index contributed by atoms with van der Waals surface area (Å²) >= 11 is 1.69. The van der Waals surface area contributed by atoms with Crippen molar-refractivity contribution in [2.45, 2.75) is 19.3 Å². The molecule has 3 rings (SSSR count). The Balaban J connectivity index is 1.41. The van der Waals surface area contributed by atoms with Gasteiger partial charge in [0.1, 0.15) is 0 Å². The number of hydrogen-bond donors (Lipinski definition) is 2. The van der Waals surface area contributed by atoms with Gasteiger partial charge in [-0.1, -0.05) is 0 Å². The van der Waals surface area contributed by atoms with E-state index < -0.39 is 0 Å². The Morgan fingerprint density at radius 3 is 2.95 bits per heavy atom. The maximum atomic E-state index is 11.7. The van der Waals surface area contributed by atoms with Crippen molar-refractivity contribution in [2.75, 3.05) is 29.9 Å². The molecule has 8 heteroatoms. The van der Waals surface area contributed by atoms with Gasteiger partial charge in [0.15, 0.2) is 5.13 Å². The highest BCUT2D eigenvalue weighted by atomic mass is 32.1. The van der Waals surface area contributed by atoms with E-state index in [-0.39, 0.29) is 6.03 Å². The third kappa shape index (κ3) is 3.76. The predicted molar refractivity (Wildman–Crippen MR) is 87.5 cm³/mol. The second-order valence-electron chi connectivity index (χ2n) is 5.35. The van der Waals surface area contributed by atoms with Crippen molar-refractivity contribution in [2.24, 2.45) is 7.05 Å². The molecule has 2 aromatic rings. The largest absolute Gasteiger partial charge is 0.348 e. The molecule has 0 unspecified atom stereocenters. The van der Waals surface area contributed by atoms with Gasteiger partial charge < -0.3 is 15.5 Å². The first-order valence-corrected chi connectivity index (χ1v) is 8.31. The van der Waals surface area contributed by atoms with E-state index in [1.54, 1.807) is 28.4 Å². The lowest BCUT2D eigenvalue weighted by molar-refractivity contribution is 0.252. The molecule has 1 aliphatic heterocycles. The lowest BCUT2D eigenvalue weighted by atomic mass is 10.3. The molecule has 7 nitrogen and oxygen atoms in total. The van der Waals surface area contributed by atoms with Crippen LogP contribution < -0.4 is 15.5 Å². The Kier molecular flexibility index (Phi) is 4.57. The minimum absolute atomic E-state index is 0.219. The van der Waals surface area contributed by atoms with Crippen molar-refractivity contribution >= 4 is 28.2 Å². The monoisotopic (exact) mass is 320 g/mol. The average Bonchev–Trinajstić information content (AvgIpc) is 3.20. The zero-order chi connectivity index (χ0) is 15.4. The molecular formula is C14H20N6OS. The van der Waals surface area contributed by atoms with Gasteiger partial charge >= 0.3 is 6.03 Å². The van der Waals surface area contributed by atoms with Crippen molar-refractivity contribution < 1.29 is 4.79 Å². The van der Waals surface area contributed by atoms with Crippen LogP contribution in [0.25, 0.3) is 0 Å². The molecule has 0 bridgehead atoms. The summed E-state index contributed by atoms with van der Waals surface area (Å²) in [6, 6.07) is -0.219. The third-order valence-corrected chi connectivity index (χ3v) is 4.50. The summed E-state index contributed by atoms with van der Waals surface area (Å²) in [6.45, 7) is 2.78. The number of urea groups is 1. The summed E-state index contributed by atoms with van der Waals surface area (Å²) in [5, 5.41) is 12.8. The predicted octanol–water partition coefficient (Wildman–Crippen LogP) is 1.84. The molecule has 0 spiro atoms. The van der Waals surface area contributed by atoms with E-state index in [1.807, 2.05) is 7.05 Å². The average molecular weight is 320 g/mol. The second kappa shape index (κ2) is 6.78. The number of carbonyl (C=O) groups excluding carboxylic acids is 1. The quantitative estimate of drug-likeness (QED) is 0.881. The van der Waals surface area contributed by atoms with Crippen LogP contribution in [0.2, 0.25) is 0 Å². The smallest absolute Gasteiger partial charge is 0.319 e. The van der Waals surface area contributed by atoms with Crippen LogP contribution in [0.15, 0.2) is 17.8 Å². The van der Waals surface area contributed by atoms with Crippen molar-refractivity contribution in [3.63, 3.8) is 0 Å². The number of anilines is 2. The van der Waals surface area contributed by atoms with Crippen LogP contribution in [0.3, 0.4) is 0 Å². The molecule has 1 fully saturated rings. The highest BCUT2D eigenvalue weighted by Crippen LogP contribution is 2.24. The van der Waals surface area contributed by atoms with Gasteiger partial charge in [-0.3, -0.25) is 4.68 Å². The number of amides is 2. The van der Waals surface area contributed by atoms with E-state index in [0.29, 0.717) is 12.2 Å². The fourth-order valence-electron chi connectivity index (χ4n) is 2.43. The lowest BCUT2D eigenvalue weighted by Crippen LogP contribution is -2.30. The van der Waals surface area contributed by atoms with E-state index in [1.165, 1.54) is 12.8 Å². The number of aryl methyl sites for hydroxylation is 1. The third-order valence-electron chi connectivity index (χ3n) is 3.55. The molecule has 2 amide bonds. The Bertz CT molecular complexity index is 631. The van der Waals surface area contributed by atoms with E-state index in [0.717, 1.165) is 30.3 Å². The van der Waals surface area contributed by atoms with Gasteiger partial charge in [-0.25, -0.2) is 9.78 Å². The van der Waals surface area contributed by atoms with Gasteiger partial charge in [0.25, 0.3) is 0 Å². The summed E-state index contributed by atoms with van der Waals surface area (Å²) < 4.78 is 1.64. The van der Waals surface area contributed by atoms with Crippen LogP contribution in [0.4, 0.5) is 15.6 Å². The Labute approximate surface area is 133 Å². The Hall–Kier alpha value is -2.09. The van der Waals surface area contributed by atoms with Crippen LogP contribution in [-0.4, -0.2) is 40.4 Å². The van der Waals surface area contributed by atoms with Crippen molar-refractivity contribution in [3.05, 3.63) is 23.5 Å². The highest BCUT2D eigenvalue weighted by Gasteiger charge is 2.15. The molecule has 0 aliphatic carbocycles. The summed E-state index contributed by atoms with van der Waals surface area (Å²) in [5.74, 6) is 0. The van der Waals surface area contributed by atoms with Gasteiger partial charge in [-0.15, -0.1) is 11.3 Å². The fourth-order valence-corrected chi connectivity index (χ4v) is 3.34. The number of hydrogen-bond acceptors (Lipinski definition) is 5. The summed E-state index contributed by atoms with van der Waals surface area (Å²) in [5.41, 5.74) is 1.72. The van der Waals surface area contributed by atoms with Crippen molar-refractivity contribution in [1.29, 1.82) is 0 Å². The zero-order valence-corrected chi connectivity index (χ0v) is 13.4. The first-order valence-electron chi connectivity index (χ1n) is 7.43. The molecule has 118 valence electrons. The number of nitrogens with one attached hydrogen (secondary N) is 2. The number of nitrogens with zero attached hydrogens (tertiary/aromatic N) is 4. The molecule has 2 N–H and O–H groups in total. The normalized spacial score (nSPS) is 14.3. The Morgan fingerprint density at radius 1 is 1.41 bits per heavy atom. The molecule has 2 aromatic heterocycles. The van der Waals surface area contributed by atoms with Gasteiger partial charge in [-0.2, -0.15) is 5.10 Å². The van der Waals surface area contributed by atoms with Crippen molar-refractivity contribution in [1.82, 2.24) is 20.1 Å². The van der Waals surface area contributed by atoms with E-state index in [2.05, 4.69) is 31.0 Å². The molecule has 0 aromatic carbocycles. The summed E-state index contributed by atoms with van der Waals surface area (Å²) in [4.78, 5) is 18.7. The SMILES string of the molecule is Cn1cc(NC(=O)NCCc2csc(N3CCCC3)n2)cn1. The van der Waals surface area contributed by atoms with Gasteiger partial charge in [0.05, 0.1) is 17.6 Å². The maximum Gasteiger partial charge on any atom is 0.319 e. The minimum Gasteiger partial charge on any atom is -0.348 e. The first kappa shape index (κ1) is 14.8. The lowest BCUT2D eigenvalue weighted by Gasteiger charge is -2.12. The molecule has 0 radical (unpaired) electrons. The molecule has 3 heterocycles. The van der Waals surface area contributed by atoms with E-state index in [4.69, 9.17) is 0 Å². The second-order valence-corrected chi connectivity index (χ2v) is 6.19. The minimum atomic E-state index is -0.219. The van der Waals surface area contributed by atoms with Gasteiger partial charge in [0, 0.05) is 44.7 Å². The Morgan fingerprint density at radius 2 is 2.23 bits per heavy atom.